The highest BCUT2D eigenvalue weighted by molar-refractivity contribution is 5.87. The van der Waals surface area contributed by atoms with Gasteiger partial charge in [0, 0.05) is 12.4 Å². The number of nitrogens with zero attached hydrogens (tertiary/aromatic N) is 1. The summed E-state index contributed by atoms with van der Waals surface area (Å²) in [6.45, 7) is 0. The van der Waals surface area contributed by atoms with Gasteiger partial charge in [-0.2, -0.15) is 4.39 Å². The van der Waals surface area contributed by atoms with Crippen LogP contribution in [0.15, 0.2) is 24.5 Å². The van der Waals surface area contributed by atoms with Gasteiger partial charge < -0.3 is 0 Å². The molecule has 9 heavy (non-hydrogen) atoms. The van der Waals surface area contributed by atoms with Crippen LogP contribution in [0, 0.1) is 0 Å². The van der Waals surface area contributed by atoms with Gasteiger partial charge in [-0.3, -0.25) is 9.78 Å². The molecule has 0 unspecified atom stereocenters. The molecule has 3 heteroatoms. The second-order valence-electron chi connectivity index (χ2n) is 1.52. The molecule has 0 bridgehead atoms. The average Bonchev–Trinajstić information content (AvgIpc) is 1.90. The van der Waals surface area contributed by atoms with Crippen molar-refractivity contribution in [2.24, 2.45) is 0 Å². The van der Waals surface area contributed by atoms with Crippen LogP contribution < -0.4 is 0 Å². The summed E-state index contributed by atoms with van der Waals surface area (Å²) in [6, 6.07) is 1.44. The molecule has 0 aliphatic heterocycles. The summed E-state index contributed by atoms with van der Waals surface area (Å²) in [5.41, 5.74) is -0.00231. The third kappa shape index (κ3) is 1.32. The molecule has 0 aliphatic carbocycles. The first-order valence-corrected chi connectivity index (χ1v) is 2.40. The van der Waals surface area contributed by atoms with Gasteiger partial charge in [0.25, 0.3) is 0 Å². The molecule has 0 aliphatic rings. The fourth-order valence-electron chi connectivity index (χ4n) is 0.479. The maximum absolute atomic E-state index is 11.8. The molecule has 0 radical (unpaired) electrons. The van der Waals surface area contributed by atoms with Crippen molar-refractivity contribution in [3.05, 3.63) is 30.1 Å². The van der Waals surface area contributed by atoms with E-state index in [1.54, 1.807) is 0 Å². The van der Waals surface area contributed by atoms with Gasteiger partial charge in [0.05, 0.1) is 5.56 Å². The largest absolute Gasteiger partial charge is 0.333 e. The number of hydrogen-bond donors (Lipinski definition) is 0. The van der Waals surface area contributed by atoms with Crippen molar-refractivity contribution < 1.29 is 9.18 Å². The predicted molar refractivity (Wildman–Crippen MR) is 29.7 cm³/mol. The van der Waals surface area contributed by atoms with Gasteiger partial charge in [-0.25, -0.2) is 0 Å². The van der Waals surface area contributed by atoms with Crippen LogP contribution in [0.5, 0.6) is 0 Å². The topological polar surface area (TPSA) is 30.0 Å². The number of carbonyl (C=O) groups excluding carboxylic acids is 1. The number of carbonyl (C=O) groups is 1. The van der Waals surface area contributed by atoms with Crippen molar-refractivity contribution >= 4 is 6.04 Å². The summed E-state index contributed by atoms with van der Waals surface area (Å²) in [6.07, 6.45) is 2.66. The summed E-state index contributed by atoms with van der Waals surface area (Å²) < 4.78 is 11.8. The standard InChI is InChI=1S/C6H4FNO/c7-6(9)5-2-1-3-8-4-5/h1-4H. The van der Waals surface area contributed by atoms with Crippen molar-refractivity contribution in [1.82, 2.24) is 4.98 Å². The van der Waals surface area contributed by atoms with Crippen molar-refractivity contribution in [2.45, 2.75) is 0 Å². The minimum atomic E-state index is -1.44. The fourth-order valence-corrected chi connectivity index (χ4v) is 0.479. The third-order valence-electron chi connectivity index (χ3n) is 0.888. The second kappa shape index (κ2) is 2.35. The molecule has 2 nitrogen and oxygen atoms in total. The Morgan fingerprint density at radius 2 is 2.44 bits per heavy atom. The Morgan fingerprint density at radius 1 is 1.67 bits per heavy atom. The first-order chi connectivity index (χ1) is 4.30. The van der Waals surface area contributed by atoms with Crippen LogP contribution >= 0.6 is 0 Å². The maximum atomic E-state index is 11.8. The zero-order valence-electron chi connectivity index (χ0n) is 4.54. The monoisotopic (exact) mass is 125 g/mol. The van der Waals surface area contributed by atoms with E-state index < -0.39 is 6.04 Å². The Morgan fingerprint density at radius 3 is 2.78 bits per heavy atom. The minimum absolute atomic E-state index is 0.00231. The van der Waals surface area contributed by atoms with Crippen LogP contribution in [0.25, 0.3) is 0 Å². The Labute approximate surface area is 51.3 Å². The molecule has 0 spiro atoms. The van der Waals surface area contributed by atoms with E-state index in [1.807, 2.05) is 0 Å². The molecule has 0 fully saturated rings. The van der Waals surface area contributed by atoms with Crippen LogP contribution in [0.1, 0.15) is 10.4 Å². The third-order valence-corrected chi connectivity index (χ3v) is 0.888. The minimum Gasteiger partial charge on any atom is -0.264 e. The number of hydrogen-bond acceptors (Lipinski definition) is 2. The Balaban J connectivity index is 2.98. The molecule has 0 aromatic carbocycles. The lowest BCUT2D eigenvalue weighted by molar-refractivity contribution is 0.0835. The van der Waals surface area contributed by atoms with E-state index >= 15 is 0 Å². The Kier molecular flexibility index (Phi) is 1.53. The number of halogens is 1. The van der Waals surface area contributed by atoms with E-state index in [0.717, 1.165) is 0 Å². The zero-order valence-corrected chi connectivity index (χ0v) is 4.54. The summed E-state index contributed by atoms with van der Waals surface area (Å²) in [4.78, 5) is 13.5. The first kappa shape index (κ1) is 5.88. The SMILES string of the molecule is O=C(F)c1cccnc1. The summed E-state index contributed by atoms with van der Waals surface area (Å²) >= 11 is 0. The molecule has 0 amide bonds. The molecule has 0 saturated carbocycles. The normalized spacial score (nSPS) is 9.00. The van der Waals surface area contributed by atoms with Gasteiger partial charge in [0.2, 0.25) is 0 Å². The quantitative estimate of drug-likeness (QED) is 0.527. The Hall–Kier alpha value is -1.25. The second-order valence-corrected chi connectivity index (χ2v) is 1.52. The maximum Gasteiger partial charge on any atom is 0.333 e. The van der Waals surface area contributed by atoms with Gasteiger partial charge >= 0.3 is 6.04 Å². The van der Waals surface area contributed by atoms with E-state index in [9.17, 15) is 9.18 Å². The van der Waals surface area contributed by atoms with Gasteiger partial charge in [0.1, 0.15) is 0 Å². The molecule has 1 aromatic rings. The van der Waals surface area contributed by atoms with Gasteiger partial charge in [-0.1, -0.05) is 0 Å². The highest BCUT2D eigenvalue weighted by atomic mass is 19.1. The fraction of sp³-hybridized carbons (Fsp3) is 0. The number of aromatic nitrogens is 1. The van der Waals surface area contributed by atoms with Crippen LogP contribution in [0.2, 0.25) is 0 Å². The molecule has 1 heterocycles. The number of rotatable bonds is 1. The summed E-state index contributed by atoms with van der Waals surface area (Å²) in [7, 11) is 0. The molecule has 0 atom stereocenters. The summed E-state index contributed by atoms with van der Waals surface area (Å²) in [5, 5.41) is 0. The van der Waals surface area contributed by atoms with E-state index in [1.165, 1.54) is 24.5 Å². The van der Waals surface area contributed by atoms with Crippen LogP contribution in [0.4, 0.5) is 4.39 Å². The lowest BCUT2D eigenvalue weighted by Gasteiger charge is -1.85. The van der Waals surface area contributed by atoms with Crippen molar-refractivity contribution in [1.29, 1.82) is 0 Å². The van der Waals surface area contributed by atoms with Gasteiger partial charge in [0.15, 0.2) is 0 Å². The van der Waals surface area contributed by atoms with E-state index in [2.05, 4.69) is 4.98 Å². The molecule has 46 valence electrons. The van der Waals surface area contributed by atoms with Crippen molar-refractivity contribution in [2.75, 3.05) is 0 Å². The van der Waals surface area contributed by atoms with Gasteiger partial charge in [-0.15, -0.1) is 0 Å². The van der Waals surface area contributed by atoms with E-state index in [-0.39, 0.29) is 5.56 Å². The molecule has 0 saturated heterocycles. The van der Waals surface area contributed by atoms with Crippen molar-refractivity contribution in [3.8, 4) is 0 Å². The van der Waals surface area contributed by atoms with Crippen LogP contribution in [0.3, 0.4) is 0 Å². The molecular formula is C6H4FNO. The van der Waals surface area contributed by atoms with Crippen LogP contribution in [-0.4, -0.2) is 11.0 Å². The van der Waals surface area contributed by atoms with Gasteiger partial charge in [-0.05, 0) is 12.1 Å². The Bertz CT molecular complexity index is 210. The molecular weight excluding hydrogens is 121 g/mol. The zero-order chi connectivity index (χ0) is 6.69. The highest BCUT2D eigenvalue weighted by Crippen LogP contribution is 1.96. The van der Waals surface area contributed by atoms with E-state index in [4.69, 9.17) is 0 Å². The lowest BCUT2D eigenvalue weighted by atomic mass is 10.3. The lowest BCUT2D eigenvalue weighted by Crippen LogP contribution is -1.88. The smallest absolute Gasteiger partial charge is 0.264 e. The predicted octanol–water partition coefficient (Wildman–Crippen LogP) is 1.19. The molecule has 0 N–H and O–H groups in total. The van der Waals surface area contributed by atoms with E-state index in [0.29, 0.717) is 0 Å². The first-order valence-electron chi connectivity index (χ1n) is 2.40. The highest BCUT2D eigenvalue weighted by Gasteiger charge is 1.99. The van der Waals surface area contributed by atoms with Crippen molar-refractivity contribution in [3.63, 3.8) is 0 Å². The number of pyridine rings is 1. The molecule has 1 rings (SSSR count). The summed E-state index contributed by atoms with van der Waals surface area (Å²) in [5.74, 6) is 0. The molecule has 1 aromatic heterocycles. The average molecular weight is 125 g/mol. The van der Waals surface area contributed by atoms with Crippen LogP contribution in [-0.2, 0) is 0 Å².